The maximum absolute atomic E-state index is 13.1. The van der Waals surface area contributed by atoms with Gasteiger partial charge in [-0.2, -0.15) is 13.2 Å². The Labute approximate surface area is 159 Å². The Morgan fingerprint density at radius 3 is 2.54 bits per heavy atom. The van der Waals surface area contributed by atoms with E-state index in [0.29, 0.717) is 24.7 Å². The SMILES string of the molecule is COCCOc1ccc(C(F)(F)F)cc1NC(=O)c1ccc2c(c1)OCCO2. The van der Waals surface area contributed by atoms with Gasteiger partial charge in [-0.3, -0.25) is 4.79 Å². The molecule has 2 aromatic carbocycles. The molecule has 0 atom stereocenters. The Kier molecular flexibility index (Phi) is 5.93. The lowest BCUT2D eigenvalue weighted by Gasteiger charge is -2.19. The number of rotatable bonds is 6. The van der Waals surface area contributed by atoms with E-state index in [4.69, 9.17) is 18.9 Å². The van der Waals surface area contributed by atoms with E-state index in [1.807, 2.05) is 0 Å². The largest absolute Gasteiger partial charge is 0.489 e. The highest BCUT2D eigenvalue weighted by atomic mass is 19.4. The molecule has 1 aliphatic rings. The van der Waals surface area contributed by atoms with Crippen LogP contribution in [0.2, 0.25) is 0 Å². The molecule has 0 radical (unpaired) electrons. The van der Waals surface area contributed by atoms with Crippen molar-refractivity contribution < 1.29 is 36.9 Å². The number of benzene rings is 2. The van der Waals surface area contributed by atoms with Crippen molar-refractivity contribution in [3.63, 3.8) is 0 Å². The fourth-order valence-corrected chi connectivity index (χ4v) is 2.54. The van der Waals surface area contributed by atoms with E-state index in [9.17, 15) is 18.0 Å². The van der Waals surface area contributed by atoms with Crippen LogP contribution in [0.15, 0.2) is 36.4 Å². The molecule has 0 spiro atoms. The summed E-state index contributed by atoms with van der Waals surface area (Å²) in [5.41, 5.74) is -0.778. The first-order chi connectivity index (χ1) is 13.4. The van der Waals surface area contributed by atoms with Crippen LogP contribution in [-0.4, -0.2) is 39.4 Å². The molecule has 9 heteroatoms. The van der Waals surface area contributed by atoms with Crippen LogP contribution >= 0.6 is 0 Å². The smallest absolute Gasteiger partial charge is 0.416 e. The Hall–Kier alpha value is -2.94. The van der Waals surface area contributed by atoms with Crippen molar-refractivity contribution >= 4 is 11.6 Å². The van der Waals surface area contributed by atoms with Gasteiger partial charge in [0.05, 0.1) is 17.9 Å². The molecule has 3 rings (SSSR count). The third-order valence-electron chi connectivity index (χ3n) is 3.90. The zero-order valence-electron chi connectivity index (χ0n) is 15.0. The molecule has 1 heterocycles. The van der Waals surface area contributed by atoms with Crippen LogP contribution in [0.1, 0.15) is 15.9 Å². The monoisotopic (exact) mass is 397 g/mol. The summed E-state index contributed by atoms with van der Waals surface area (Å²) in [6, 6.07) is 7.44. The highest BCUT2D eigenvalue weighted by molar-refractivity contribution is 6.05. The third kappa shape index (κ3) is 4.66. The van der Waals surface area contributed by atoms with Gasteiger partial charge in [-0.15, -0.1) is 0 Å². The van der Waals surface area contributed by atoms with Crippen molar-refractivity contribution in [1.82, 2.24) is 0 Å². The van der Waals surface area contributed by atoms with Gasteiger partial charge in [-0.1, -0.05) is 0 Å². The Morgan fingerprint density at radius 1 is 1.07 bits per heavy atom. The number of halogens is 3. The second-order valence-electron chi connectivity index (χ2n) is 5.86. The Balaban J connectivity index is 1.85. The summed E-state index contributed by atoms with van der Waals surface area (Å²) in [7, 11) is 1.47. The average molecular weight is 397 g/mol. The molecule has 0 bridgehead atoms. The molecular weight excluding hydrogens is 379 g/mol. The van der Waals surface area contributed by atoms with Gasteiger partial charge in [-0.05, 0) is 36.4 Å². The number of carbonyl (C=O) groups is 1. The summed E-state index contributed by atoms with van der Waals surface area (Å²) in [6.45, 7) is 1.12. The zero-order valence-corrected chi connectivity index (χ0v) is 15.0. The lowest BCUT2D eigenvalue weighted by atomic mass is 10.1. The van der Waals surface area contributed by atoms with Gasteiger partial charge in [0.25, 0.3) is 5.91 Å². The lowest BCUT2D eigenvalue weighted by Crippen LogP contribution is -2.18. The minimum Gasteiger partial charge on any atom is -0.489 e. The van der Waals surface area contributed by atoms with Crippen molar-refractivity contribution in [2.75, 3.05) is 38.9 Å². The lowest BCUT2D eigenvalue weighted by molar-refractivity contribution is -0.137. The number of amides is 1. The molecule has 1 aliphatic heterocycles. The van der Waals surface area contributed by atoms with Crippen LogP contribution < -0.4 is 19.5 Å². The van der Waals surface area contributed by atoms with Gasteiger partial charge in [0.15, 0.2) is 11.5 Å². The van der Waals surface area contributed by atoms with Crippen LogP contribution in [0.25, 0.3) is 0 Å². The Bertz CT molecular complexity index is 854. The first-order valence-electron chi connectivity index (χ1n) is 8.42. The van der Waals surface area contributed by atoms with E-state index in [2.05, 4.69) is 5.32 Å². The maximum atomic E-state index is 13.1. The number of hydrogen-bond donors (Lipinski definition) is 1. The molecule has 0 saturated carbocycles. The van der Waals surface area contributed by atoms with E-state index in [1.165, 1.54) is 19.2 Å². The minimum atomic E-state index is -4.55. The zero-order chi connectivity index (χ0) is 20.1. The predicted octanol–water partition coefficient (Wildman–Crippen LogP) is 3.75. The number of anilines is 1. The molecule has 1 N–H and O–H groups in total. The molecule has 0 saturated heterocycles. The van der Waals surface area contributed by atoms with Crippen LogP contribution in [-0.2, 0) is 10.9 Å². The van der Waals surface area contributed by atoms with Gasteiger partial charge in [-0.25, -0.2) is 0 Å². The van der Waals surface area contributed by atoms with Gasteiger partial charge < -0.3 is 24.3 Å². The first kappa shape index (κ1) is 19.8. The molecule has 1 amide bonds. The standard InChI is InChI=1S/C19H18F3NO5/c1-25-6-7-26-15-5-3-13(19(20,21)22)11-14(15)23-18(24)12-2-4-16-17(10-12)28-9-8-27-16/h2-5,10-11H,6-9H2,1H3,(H,23,24). The molecule has 0 aliphatic carbocycles. The van der Waals surface area contributed by atoms with Crippen molar-refractivity contribution in [2.24, 2.45) is 0 Å². The topological polar surface area (TPSA) is 66.0 Å². The van der Waals surface area contributed by atoms with Crippen LogP contribution in [0.5, 0.6) is 17.2 Å². The molecule has 0 fully saturated rings. The summed E-state index contributed by atoms with van der Waals surface area (Å²) in [5, 5.41) is 2.47. The number of hydrogen-bond acceptors (Lipinski definition) is 5. The molecule has 2 aromatic rings. The second-order valence-corrected chi connectivity index (χ2v) is 5.86. The third-order valence-corrected chi connectivity index (χ3v) is 3.90. The van der Waals surface area contributed by atoms with Crippen molar-refractivity contribution in [3.05, 3.63) is 47.5 Å². The molecular formula is C19H18F3NO5. The van der Waals surface area contributed by atoms with Crippen molar-refractivity contribution in [1.29, 1.82) is 0 Å². The van der Waals surface area contributed by atoms with Gasteiger partial charge in [0.1, 0.15) is 25.6 Å². The average Bonchev–Trinajstić information content (AvgIpc) is 2.68. The van der Waals surface area contributed by atoms with E-state index in [0.717, 1.165) is 18.2 Å². The first-order valence-corrected chi connectivity index (χ1v) is 8.42. The fourth-order valence-electron chi connectivity index (χ4n) is 2.54. The van der Waals surface area contributed by atoms with E-state index >= 15 is 0 Å². The number of nitrogens with one attached hydrogen (secondary N) is 1. The van der Waals surface area contributed by atoms with Crippen LogP contribution in [0.4, 0.5) is 18.9 Å². The molecule has 0 aromatic heterocycles. The summed E-state index contributed by atoms with van der Waals surface area (Å²) in [6.07, 6.45) is -4.55. The normalized spacial score (nSPS) is 13.1. The van der Waals surface area contributed by atoms with E-state index in [-0.39, 0.29) is 30.2 Å². The maximum Gasteiger partial charge on any atom is 0.416 e. The van der Waals surface area contributed by atoms with Crippen molar-refractivity contribution in [2.45, 2.75) is 6.18 Å². The van der Waals surface area contributed by atoms with Gasteiger partial charge >= 0.3 is 6.18 Å². The number of alkyl halides is 3. The highest BCUT2D eigenvalue weighted by Crippen LogP contribution is 2.36. The Morgan fingerprint density at radius 2 is 1.82 bits per heavy atom. The molecule has 150 valence electrons. The summed E-state index contributed by atoms with van der Waals surface area (Å²) < 4.78 is 60.3. The highest BCUT2D eigenvalue weighted by Gasteiger charge is 2.31. The summed E-state index contributed by atoms with van der Waals surface area (Å²) in [4.78, 5) is 12.6. The fraction of sp³-hybridized carbons (Fsp3) is 0.316. The van der Waals surface area contributed by atoms with Crippen LogP contribution in [0, 0.1) is 0 Å². The number of methoxy groups -OCH3 is 1. The second kappa shape index (κ2) is 8.39. The van der Waals surface area contributed by atoms with E-state index < -0.39 is 17.6 Å². The molecule has 6 nitrogen and oxygen atoms in total. The quantitative estimate of drug-likeness (QED) is 0.752. The van der Waals surface area contributed by atoms with Gasteiger partial charge in [0.2, 0.25) is 0 Å². The van der Waals surface area contributed by atoms with E-state index in [1.54, 1.807) is 6.07 Å². The van der Waals surface area contributed by atoms with Gasteiger partial charge in [0, 0.05) is 12.7 Å². The summed E-state index contributed by atoms with van der Waals surface area (Å²) in [5.74, 6) is 0.411. The van der Waals surface area contributed by atoms with Crippen molar-refractivity contribution in [3.8, 4) is 17.2 Å². The molecule has 28 heavy (non-hydrogen) atoms. The van der Waals surface area contributed by atoms with Crippen LogP contribution in [0.3, 0.4) is 0 Å². The minimum absolute atomic E-state index is 0.0918. The predicted molar refractivity (Wildman–Crippen MR) is 94.2 cm³/mol. The molecule has 0 unspecified atom stereocenters. The number of ether oxygens (including phenoxy) is 4. The number of fused-ring (bicyclic) bond motifs is 1. The summed E-state index contributed by atoms with van der Waals surface area (Å²) >= 11 is 0. The number of carbonyl (C=O) groups excluding carboxylic acids is 1.